The van der Waals surface area contributed by atoms with Crippen LogP contribution in [0.2, 0.25) is 0 Å². The molecule has 0 aromatic heterocycles. The third-order valence-electron chi connectivity index (χ3n) is 2.75. The number of nitrogens with zero attached hydrogens (tertiary/aromatic N) is 1. The average Bonchev–Trinajstić information content (AvgIpc) is 2.47. The van der Waals surface area contributed by atoms with Crippen LogP contribution in [0.3, 0.4) is 0 Å². The summed E-state index contributed by atoms with van der Waals surface area (Å²) in [6.45, 7) is 0. The van der Waals surface area contributed by atoms with E-state index in [1.54, 1.807) is 18.2 Å². The minimum Gasteiger partial charge on any atom is -0.199 e. The van der Waals surface area contributed by atoms with Crippen LogP contribution in [0.5, 0.6) is 0 Å². The second-order valence-corrected chi connectivity index (χ2v) is 5.39. The lowest BCUT2D eigenvalue weighted by molar-refractivity contribution is 0.598. The number of hydrogen-bond donors (Lipinski definition) is 0. The van der Waals surface area contributed by atoms with Crippen molar-refractivity contribution in [1.82, 2.24) is 0 Å². The highest BCUT2D eigenvalue weighted by molar-refractivity contribution is 7.90. The number of benzene rings is 2. The van der Waals surface area contributed by atoms with Crippen LogP contribution in [-0.4, -0.2) is 14.6 Å². The van der Waals surface area contributed by atoms with Gasteiger partial charge in [0, 0.05) is 17.3 Å². The van der Waals surface area contributed by atoms with Crippen molar-refractivity contribution in [2.75, 3.05) is 0 Å². The Morgan fingerprint density at radius 3 is 2.29 bits per heavy atom. The Morgan fingerprint density at radius 2 is 1.47 bits per heavy atom. The number of rotatable bonds is 0. The lowest BCUT2D eigenvalue weighted by Crippen LogP contribution is -1.97. The second-order valence-electron chi connectivity index (χ2n) is 3.79. The van der Waals surface area contributed by atoms with Crippen molar-refractivity contribution in [3.8, 4) is 11.1 Å². The lowest BCUT2D eigenvalue weighted by atomic mass is 10.0. The molecule has 0 aliphatic carbocycles. The van der Waals surface area contributed by atoms with E-state index in [0.717, 1.165) is 11.1 Å². The van der Waals surface area contributed by atoms with Gasteiger partial charge in [0.05, 0.1) is 4.90 Å². The summed E-state index contributed by atoms with van der Waals surface area (Å²) in [6, 6.07) is 14.4. The van der Waals surface area contributed by atoms with Crippen molar-refractivity contribution in [1.29, 1.82) is 0 Å². The van der Waals surface area contributed by atoms with Gasteiger partial charge >= 0.3 is 0 Å². The highest BCUT2D eigenvalue weighted by Gasteiger charge is 2.21. The van der Waals surface area contributed by atoms with E-state index in [0.29, 0.717) is 5.56 Å². The largest absolute Gasteiger partial charge is 0.282 e. The van der Waals surface area contributed by atoms with E-state index in [9.17, 15) is 8.42 Å². The van der Waals surface area contributed by atoms with Crippen LogP contribution in [0.1, 0.15) is 5.56 Å². The van der Waals surface area contributed by atoms with E-state index >= 15 is 0 Å². The monoisotopic (exact) mass is 243 g/mol. The standard InChI is InChI=1S/C13H9NO2S/c15-17(16)13-8-4-3-7-12(13)11-6-2-1-5-10(11)9-14-17/h1-9H. The molecular weight excluding hydrogens is 234 g/mol. The Hall–Kier alpha value is -1.94. The summed E-state index contributed by atoms with van der Waals surface area (Å²) >= 11 is 0. The van der Waals surface area contributed by atoms with E-state index in [-0.39, 0.29) is 4.90 Å². The first-order valence-electron chi connectivity index (χ1n) is 5.17. The summed E-state index contributed by atoms with van der Waals surface area (Å²) < 4.78 is 27.6. The average molecular weight is 243 g/mol. The zero-order valence-corrected chi connectivity index (χ0v) is 9.68. The van der Waals surface area contributed by atoms with Gasteiger partial charge in [-0.15, -0.1) is 0 Å². The molecule has 84 valence electrons. The second kappa shape index (κ2) is 3.53. The summed E-state index contributed by atoms with van der Waals surface area (Å²) in [5.74, 6) is 0. The Balaban J connectivity index is 2.47. The topological polar surface area (TPSA) is 46.5 Å². The molecule has 17 heavy (non-hydrogen) atoms. The summed E-state index contributed by atoms with van der Waals surface area (Å²) in [5.41, 5.74) is 2.43. The molecule has 3 nitrogen and oxygen atoms in total. The van der Waals surface area contributed by atoms with Gasteiger partial charge in [-0.3, -0.25) is 0 Å². The molecule has 0 saturated heterocycles. The molecule has 0 spiro atoms. The number of hydrogen-bond acceptors (Lipinski definition) is 2. The van der Waals surface area contributed by atoms with E-state index in [2.05, 4.69) is 4.40 Å². The summed E-state index contributed by atoms with van der Waals surface area (Å²) in [4.78, 5) is 0.265. The molecule has 0 radical (unpaired) electrons. The first kappa shape index (κ1) is 10.2. The quantitative estimate of drug-likeness (QED) is 0.713. The van der Waals surface area contributed by atoms with E-state index in [1.165, 1.54) is 6.21 Å². The van der Waals surface area contributed by atoms with Crippen LogP contribution in [-0.2, 0) is 10.0 Å². The Bertz CT molecular complexity index is 718. The Morgan fingerprint density at radius 1 is 0.824 bits per heavy atom. The molecule has 0 N–H and O–H groups in total. The molecule has 0 unspecified atom stereocenters. The maximum Gasteiger partial charge on any atom is 0.282 e. The molecule has 1 aliphatic heterocycles. The lowest BCUT2D eigenvalue weighted by Gasteiger charge is -2.06. The van der Waals surface area contributed by atoms with Gasteiger partial charge in [-0.25, -0.2) is 0 Å². The van der Waals surface area contributed by atoms with Crippen LogP contribution in [0.4, 0.5) is 0 Å². The van der Waals surface area contributed by atoms with Crippen LogP contribution >= 0.6 is 0 Å². The number of sulfonamides is 1. The van der Waals surface area contributed by atoms with Crippen molar-refractivity contribution in [3.05, 3.63) is 54.1 Å². The molecule has 4 heteroatoms. The van der Waals surface area contributed by atoms with Gasteiger partial charge in [0.1, 0.15) is 0 Å². The fraction of sp³-hybridized carbons (Fsp3) is 0. The van der Waals surface area contributed by atoms with Crippen LogP contribution in [0.25, 0.3) is 11.1 Å². The minimum atomic E-state index is -3.58. The predicted octanol–water partition coefficient (Wildman–Crippen LogP) is 2.47. The molecule has 0 saturated carbocycles. The SMILES string of the molecule is O=S1(=O)N=Cc2ccccc2-c2ccccc21. The van der Waals surface area contributed by atoms with Crippen molar-refractivity contribution < 1.29 is 8.42 Å². The Labute approximate surface area is 99.5 Å². The van der Waals surface area contributed by atoms with Crippen molar-refractivity contribution in [2.45, 2.75) is 4.90 Å². The normalized spacial score (nSPS) is 15.8. The van der Waals surface area contributed by atoms with E-state index < -0.39 is 10.0 Å². The van der Waals surface area contributed by atoms with Crippen LogP contribution < -0.4 is 0 Å². The third kappa shape index (κ3) is 1.57. The van der Waals surface area contributed by atoms with Crippen molar-refractivity contribution in [2.24, 2.45) is 4.40 Å². The first-order valence-corrected chi connectivity index (χ1v) is 6.61. The minimum absolute atomic E-state index is 0.265. The molecule has 0 bridgehead atoms. The molecule has 0 atom stereocenters. The van der Waals surface area contributed by atoms with Gasteiger partial charge < -0.3 is 0 Å². The summed E-state index contributed by atoms with van der Waals surface area (Å²) in [6.07, 6.45) is 1.41. The van der Waals surface area contributed by atoms with Gasteiger partial charge in [0.2, 0.25) is 0 Å². The summed E-state index contributed by atoms with van der Waals surface area (Å²) in [5, 5.41) is 0. The molecule has 3 rings (SSSR count). The van der Waals surface area contributed by atoms with Crippen LogP contribution in [0.15, 0.2) is 57.8 Å². The molecule has 0 fully saturated rings. The van der Waals surface area contributed by atoms with Crippen molar-refractivity contribution in [3.63, 3.8) is 0 Å². The van der Waals surface area contributed by atoms with Gasteiger partial charge in [-0.1, -0.05) is 42.5 Å². The van der Waals surface area contributed by atoms with Crippen LogP contribution in [0, 0.1) is 0 Å². The first-order chi connectivity index (χ1) is 8.18. The molecule has 2 aromatic rings. The maximum atomic E-state index is 12.0. The maximum absolute atomic E-state index is 12.0. The van der Waals surface area contributed by atoms with E-state index in [4.69, 9.17) is 0 Å². The van der Waals surface area contributed by atoms with Gasteiger partial charge in [0.25, 0.3) is 10.0 Å². The van der Waals surface area contributed by atoms with Gasteiger partial charge in [-0.2, -0.15) is 12.8 Å². The summed E-state index contributed by atoms with van der Waals surface area (Å²) in [7, 11) is -3.58. The third-order valence-corrected chi connectivity index (χ3v) is 4.04. The Kier molecular flexibility index (Phi) is 2.12. The molecule has 2 aromatic carbocycles. The van der Waals surface area contributed by atoms with Gasteiger partial charge in [0.15, 0.2) is 0 Å². The fourth-order valence-electron chi connectivity index (χ4n) is 1.95. The zero-order valence-electron chi connectivity index (χ0n) is 8.87. The van der Waals surface area contributed by atoms with Gasteiger partial charge in [-0.05, 0) is 11.6 Å². The zero-order chi connectivity index (χ0) is 11.9. The number of fused-ring (bicyclic) bond motifs is 3. The molecule has 1 aliphatic rings. The van der Waals surface area contributed by atoms with E-state index in [1.807, 2.05) is 30.3 Å². The van der Waals surface area contributed by atoms with Crippen molar-refractivity contribution >= 4 is 16.2 Å². The highest BCUT2D eigenvalue weighted by atomic mass is 32.2. The fourth-order valence-corrected chi connectivity index (χ4v) is 3.02. The molecule has 0 amide bonds. The smallest absolute Gasteiger partial charge is 0.199 e. The highest BCUT2D eigenvalue weighted by Crippen LogP contribution is 2.32. The molecular formula is C13H9NO2S. The predicted molar refractivity (Wildman–Crippen MR) is 66.7 cm³/mol. The molecule has 1 heterocycles.